The van der Waals surface area contributed by atoms with E-state index in [0.717, 1.165) is 0 Å². The summed E-state index contributed by atoms with van der Waals surface area (Å²) in [7, 11) is 0. The minimum Gasteiger partial charge on any atom is -0.481 e. The van der Waals surface area contributed by atoms with Crippen molar-refractivity contribution in [1.29, 1.82) is 0 Å². The van der Waals surface area contributed by atoms with Crippen LogP contribution in [0.4, 0.5) is 0 Å². The standard InChI is InChI=1S/C8H13NO2/c9-6(3-7(10)11)5-4-8(5)1-2-8/h5-6H,1-4,9H2,(H,10,11)/t5?,6-/m1/s1. The molecule has 0 saturated heterocycles. The summed E-state index contributed by atoms with van der Waals surface area (Å²) in [4.78, 5) is 10.3. The van der Waals surface area contributed by atoms with Crippen LogP contribution in [0.25, 0.3) is 0 Å². The molecule has 2 fully saturated rings. The first-order chi connectivity index (χ1) is 5.14. The fraction of sp³-hybridized carbons (Fsp3) is 0.875. The van der Waals surface area contributed by atoms with Gasteiger partial charge in [-0.15, -0.1) is 0 Å². The van der Waals surface area contributed by atoms with Gasteiger partial charge in [-0.05, 0) is 30.6 Å². The number of carboxylic acids is 1. The van der Waals surface area contributed by atoms with Gasteiger partial charge in [0.15, 0.2) is 0 Å². The molecule has 2 rings (SSSR count). The number of nitrogens with two attached hydrogens (primary N) is 1. The molecule has 0 aromatic carbocycles. The van der Waals surface area contributed by atoms with Crippen molar-refractivity contribution < 1.29 is 9.90 Å². The molecular formula is C8H13NO2. The Balaban J connectivity index is 1.82. The average molecular weight is 155 g/mol. The summed E-state index contributed by atoms with van der Waals surface area (Å²) in [5, 5.41) is 8.47. The molecule has 0 aromatic heterocycles. The third-order valence-corrected chi connectivity index (χ3v) is 3.07. The van der Waals surface area contributed by atoms with Gasteiger partial charge >= 0.3 is 5.97 Å². The maximum absolute atomic E-state index is 10.3. The molecule has 0 bridgehead atoms. The topological polar surface area (TPSA) is 63.3 Å². The number of aliphatic carboxylic acids is 1. The molecule has 62 valence electrons. The second-order valence-electron chi connectivity index (χ2n) is 3.93. The van der Waals surface area contributed by atoms with Crippen molar-refractivity contribution in [1.82, 2.24) is 0 Å². The zero-order valence-corrected chi connectivity index (χ0v) is 6.42. The van der Waals surface area contributed by atoms with Gasteiger partial charge in [-0.3, -0.25) is 4.79 Å². The van der Waals surface area contributed by atoms with E-state index in [9.17, 15) is 4.79 Å². The summed E-state index contributed by atoms with van der Waals surface area (Å²) in [6.07, 6.45) is 3.89. The number of carboxylic acid groups (broad SMARTS) is 1. The van der Waals surface area contributed by atoms with Crippen molar-refractivity contribution >= 4 is 5.97 Å². The lowest BCUT2D eigenvalue weighted by atomic mass is 10.1. The van der Waals surface area contributed by atoms with Crippen molar-refractivity contribution in [3.05, 3.63) is 0 Å². The normalized spacial score (nSPS) is 33.4. The van der Waals surface area contributed by atoms with E-state index in [-0.39, 0.29) is 12.5 Å². The Labute approximate surface area is 65.6 Å². The lowest BCUT2D eigenvalue weighted by Gasteiger charge is -2.06. The fourth-order valence-electron chi connectivity index (χ4n) is 2.06. The van der Waals surface area contributed by atoms with Crippen LogP contribution in [0.15, 0.2) is 0 Å². The van der Waals surface area contributed by atoms with E-state index in [2.05, 4.69) is 0 Å². The molecule has 11 heavy (non-hydrogen) atoms. The fourth-order valence-corrected chi connectivity index (χ4v) is 2.06. The van der Waals surface area contributed by atoms with E-state index in [0.29, 0.717) is 11.3 Å². The summed E-state index contributed by atoms with van der Waals surface area (Å²) < 4.78 is 0. The number of carbonyl (C=O) groups is 1. The quantitative estimate of drug-likeness (QED) is 0.627. The van der Waals surface area contributed by atoms with Crippen LogP contribution in [0.1, 0.15) is 25.7 Å². The van der Waals surface area contributed by atoms with Gasteiger partial charge in [0.1, 0.15) is 0 Å². The molecule has 1 spiro atoms. The highest BCUT2D eigenvalue weighted by molar-refractivity contribution is 5.67. The minimum atomic E-state index is -0.764. The first kappa shape index (κ1) is 7.10. The molecule has 0 amide bonds. The molecule has 2 atom stereocenters. The predicted octanol–water partition coefficient (Wildman–Crippen LogP) is 0.588. The molecule has 1 unspecified atom stereocenters. The Morgan fingerprint density at radius 2 is 2.36 bits per heavy atom. The molecule has 0 radical (unpaired) electrons. The van der Waals surface area contributed by atoms with Crippen LogP contribution in [0.5, 0.6) is 0 Å². The molecule has 2 aliphatic rings. The van der Waals surface area contributed by atoms with Crippen LogP contribution < -0.4 is 5.73 Å². The van der Waals surface area contributed by atoms with Crippen LogP contribution in [-0.4, -0.2) is 17.1 Å². The zero-order valence-electron chi connectivity index (χ0n) is 6.42. The first-order valence-corrected chi connectivity index (χ1v) is 4.11. The number of hydrogen-bond donors (Lipinski definition) is 2. The van der Waals surface area contributed by atoms with Gasteiger partial charge in [-0.1, -0.05) is 0 Å². The van der Waals surface area contributed by atoms with Crippen LogP contribution >= 0.6 is 0 Å². The third kappa shape index (κ3) is 1.13. The molecule has 0 aliphatic heterocycles. The monoisotopic (exact) mass is 155 g/mol. The Morgan fingerprint density at radius 1 is 1.73 bits per heavy atom. The second-order valence-corrected chi connectivity index (χ2v) is 3.93. The Kier molecular flexibility index (Phi) is 1.27. The third-order valence-electron chi connectivity index (χ3n) is 3.07. The van der Waals surface area contributed by atoms with Crippen molar-refractivity contribution in [3.8, 4) is 0 Å². The second kappa shape index (κ2) is 1.97. The first-order valence-electron chi connectivity index (χ1n) is 4.11. The van der Waals surface area contributed by atoms with Crippen molar-refractivity contribution in [3.63, 3.8) is 0 Å². The van der Waals surface area contributed by atoms with Crippen molar-refractivity contribution in [2.24, 2.45) is 17.1 Å². The van der Waals surface area contributed by atoms with Gasteiger partial charge in [0, 0.05) is 6.04 Å². The highest BCUT2D eigenvalue weighted by Crippen LogP contribution is 2.71. The number of rotatable bonds is 3. The summed E-state index contributed by atoms with van der Waals surface area (Å²) in [6, 6.07) is -0.0880. The molecular weight excluding hydrogens is 142 g/mol. The summed E-state index contributed by atoms with van der Waals surface area (Å²) in [6.45, 7) is 0. The molecule has 2 saturated carbocycles. The SMILES string of the molecule is N[C@H](CC(=O)O)C1CC12CC2. The zero-order chi connectivity index (χ0) is 8.06. The van der Waals surface area contributed by atoms with E-state index >= 15 is 0 Å². The van der Waals surface area contributed by atoms with Crippen LogP contribution in [0.2, 0.25) is 0 Å². The van der Waals surface area contributed by atoms with E-state index in [1.807, 2.05) is 0 Å². The Hall–Kier alpha value is -0.570. The lowest BCUT2D eigenvalue weighted by molar-refractivity contribution is -0.137. The highest BCUT2D eigenvalue weighted by atomic mass is 16.4. The summed E-state index contributed by atoms with van der Waals surface area (Å²) in [5.74, 6) is -0.237. The summed E-state index contributed by atoms with van der Waals surface area (Å²) >= 11 is 0. The van der Waals surface area contributed by atoms with Crippen LogP contribution in [0.3, 0.4) is 0 Å². The van der Waals surface area contributed by atoms with Gasteiger partial charge in [0.25, 0.3) is 0 Å². The van der Waals surface area contributed by atoms with E-state index < -0.39 is 5.97 Å². The molecule has 0 heterocycles. The Bertz CT molecular complexity index is 198. The molecule has 0 aromatic rings. The maximum Gasteiger partial charge on any atom is 0.304 e. The van der Waals surface area contributed by atoms with Crippen LogP contribution in [0, 0.1) is 11.3 Å². The average Bonchev–Trinajstić information content (AvgIpc) is 2.73. The van der Waals surface area contributed by atoms with Gasteiger partial charge < -0.3 is 10.8 Å². The number of hydrogen-bond acceptors (Lipinski definition) is 2. The summed E-state index contributed by atoms with van der Waals surface area (Å²) in [5.41, 5.74) is 6.25. The minimum absolute atomic E-state index is 0.0880. The largest absolute Gasteiger partial charge is 0.481 e. The van der Waals surface area contributed by atoms with E-state index in [1.165, 1.54) is 19.3 Å². The smallest absolute Gasteiger partial charge is 0.304 e. The van der Waals surface area contributed by atoms with E-state index in [1.54, 1.807) is 0 Å². The van der Waals surface area contributed by atoms with Gasteiger partial charge in [-0.2, -0.15) is 0 Å². The van der Waals surface area contributed by atoms with E-state index in [4.69, 9.17) is 10.8 Å². The van der Waals surface area contributed by atoms with Crippen LogP contribution in [-0.2, 0) is 4.79 Å². The molecule has 3 N–H and O–H groups in total. The predicted molar refractivity (Wildman–Crippen MR) is 40.0 cm³/mol. The van der Waals surface area contributed by atoms with Gasteiger partial charge in [0.05, 0.1) is 6.42 Å². The molecule has 3 nitrogen and oxygen atoms in total. The van der Waals surface area contributed by atoms with Crippen molar-refractivity contribution in [2.75, 3.05) is 0 Å². The molecule has 2 aliphatic carbocycles. The van der Waals surface area contributed by atoms with Gasteiger partial charge in [0.2, 0.25) is 0 Å². The highest BCUT2D eigenvalue weighted by Gasteiger charge is 2.64. The Morgan fingerprint density at radius 3 is 2.73 bits per heavy atom. The van der Waals surface area contributed by atoms with Gasteiger partial charge in [-0.25, -0.2) is 0 Å². The lowest BCUT2D eigenvalue weighted by Crippen LogP contribution is -2.26. The molecule has 3 heteroatoms. The maximum atomic E-state index is 10.3. The van der Waals surface area contributed by atoms with Crippen molar-refractivity contribution in [2.45, 2.75) is 31.7 Å².